The van der Waals surface area contributed by atoms with Gasteiger partial charge in [-0.3, -0.25) is 9.59 Å². The molecule has 1 aromatic carbocycles. The highest BCUT2D eigenvalue weighted by molar-refractivity contribution is 6.46. The lowest BCUT2D eigenvalue weighted by molar-refractivity contribution is -0.137. The van der Waals surface area contributed by atoms with Gasteiger partial charge in [-0.1, -0.05) is 34.8 Å². The molecule has 0 atom stereocenters. The molecule has 0 aliphatic heterocycles. The number of likely N-dealkylation sites (N-methyl/N-ethyl adjacent to an activating group) is 2. The molecule has 0 saturated carbocycles. The molecule has 0 heterocycles. The van der Waals surface area contributed by atoms with Gasteiger partial charge in [-0.2, -0.15) is 0 Å². The lowest BCUT2D eigenvalue weighted by Gasteiger charge is -2.16. The lowest BCUT2D eigenvalue weighted by atomic mass is 10.2. The molecule has 1 rings (SSSR count). The van der Waals surface area contributed by atoms with Gasteiger partial charge < -0.3 is 15.0 Å². The van der Waals surface area contributed by atoms with E-state index in [-0.39, 0.29) is 33.1 Å². The van der Waals surface area contributed by atoms with E-state index in [0.29, 0.717) is 0 Å². The number of rotatable bonds is 5. The largest absolute Gasteiger partial charge is 0.452 e. The first-order valence-electron chi connectivity index (χ1n) is 6.03. The van der Waals surface area contributed by atoms with E-state index in [1.54, 1.807) is 0 Å². The molecule has 0 unspecified atom stereocenters. The monoisotopic (exact) mass is 366 g/mol. The number of nitrogens with zero attached hydrogens (tertiary/aromatic N) is 1. The zero-order chi connectivity index (χ0) is 16.9. The highest BCUT2D eigenvalue weighted by Gasteiger charge is 2.21. The second-order valence-corrected chi connectivity index (χ2v) is 5.41. The molecule has 0 aromatic heterocycles. The number of halogens is 3. The second kappa shape index (κ2) is 8.22. The van der Waals surface area contributed by atoms with E-state index in [4.69, 9.17) is 39.5 Å². The summed E-state index contributed by atoms with van der Waals surface area (Å²) in [5.41, 5.74) is -0.113. The van der Waals surface area contributed by atoms with Crippen LogP contribution in [0.25, 0.3) is 0 Å². The van der Waals surface area contributed by atoms with E-state index in [0.717, 1.165) is 4.90 Å². The Morgan fingerprint density at radius 3 is 2.36 bits per heavy atom. The zero-order valence-corrected chi connectivity index (χ0v) is 14.1. The van der Waals surface area contributed by atoms with Crippen LogP contribution in [0.1, 0.15) is 10.4 Å². The highest BCUT2D eigenvalue weighted by atomic mass is 35.5. The van der Waals surface area contributed by atoms with E-state index in [1.807, 2.05) is 0 Å². The van der Waals surface area contributed by atoms with Crippen molar-refractivity contribution in [3.05, 3.63) is 32.8 Å². The molecule has 6 nitrogen and oxygen atoms in total. The van der Waals surface area contributed by atoms with Crippen molar-refractivity contribution in [1.82, 2.24) is 10.2 Å². The average molecular weight is 368 g/mol. The van der Waals surface area contributed by atoms with Crippen LogP contribution in [0.15, 0.2) is 12.1 Å². The smallest absolute Gasteiger partial charge is 0.341 e. The number of esters is 1. The Hall–Kier alpha value is -1.50. The molecule has 2 amide bonds. The van der Waals surface area contributed by atoms with Crippen molar-refractivity contribution in [1.29, 1.82) is 0 Å². The Morgan fingerprint density at radius 2 is 1.77 bits per heavy atom. The maximum atomic E-state index is 11.9. The summed E-state index contributed by atoms with van der Waals surface area (Å²) in [6.45, 7) is -0.697. The van der Waals surface area contributed by atoms with Crippen molar-refractivity contribution in [2.75, 3.05) is 27.2 Å². The average Bonchev–Trinajstić information content (AvgIpc) is 2.48. The Bertz CT molecular complexity index is 607. The molecule has 0 aliphatic carbocycles. The van der Waals surface area contributed by atoms with Gasteiger partial charge in [-0.15, -0.1) is 0 Å². The number of carbonyl (C=O) groups is 3. The number of carbonyl (C=O) groups excluding carboxylic acids is 3. The summed E-state index contributed by atoms with van der Waals surface area (Å²) in [6, 6.07) is 2.83. The number of nitrogens with one attached hydrogen (secondary N) is 1. The van der Waals surface area contributed by atoms with Gasteiger partial charge in [-0.25, -0.2) is 4.79 Å². The number of hydrogen-bond donors (Lipinski definition) is 1. The minimum atomic E-state index is -0.876. The normalized spacial score (nSPS) is 10.0. The Labute approximate surface area is 142 Å². The maximum Gasteiger partial charge on any atom is 0.341 e. The molecule has 0 fully saturated rings. The van der Waals surface area contributed by atoms with Crippen molar-refractivity contribution in [3.8, 4) is 0 Å². The third kappa shape index (κ3) is 4.76. The Kier molecular flexibility index (Phi) is 6.93. The first-order valence-corrected chi connectivity index (χ1v) is 7.16. The van der Waals surface area contributed by atoms with E-state index >= 15 is 0 Å². The molecule has 120 valence electrons. The minimum absolute atomic E-state index is 0.0506. The summed E-state index contributed by atoms with van der Waals surface area (Å²) in [4.78, 5) is 36.0. The molecular formula is C13H13Cl3N2O4. The van der Waals surface area contributed by atoms with Crippen molar-refractivity contribution in [2.45, 2.75) is 0 Å². The minimum Gasteiger partial charge on any atom is -0.452 e. The summed E-state index contributed by atoms with van der Waals surface area (Å²) in [6.07, 6.45) is 0. The van der Waals surface area contributed by atoms with Gasteiger partial charge in [0.1, 0.15) is 0 Å². The number of ether oxygens (including phenoxy) is 1. The van der Waals surface area contributed by atoms with E-state index in [1.165, 1.54) is 26.2 Å². The molecule has 0 saturated heterocycles. The lowest BCUT2D eigenvalue weighted by Crippen LogP contribution is -2.39. The predicted molar refractivity (Wildman–Crippen MR) is 83.5 cm³/mol. The molecule has 1 N–H and O–H groups in total. The predicted octanol–water partition coefficient (Wildman–Crippen LogP) is 2.01. The van der Waals surface area contributed by atoms with Gasteiger partial charge in [0, 0.05) is 14.1 Å². The second-order valence-electron chi connectivity index (χ2n) is 4.22. The quantitative estimate of drug-likeness (QED) is 0.638. The van der Waals surface area contributed by atoms with Crippen LogP contribution in [0.4, 0.5) is 0 Å². The van der Waals surface area contributed by atoms with E-state index in [2.05, 4.69) is 5.32 Å². The zero-order valence-electron chi connectivity index (χ0n) is 11.8. The van der Waals surface area contributed by atoms with E-state index < -0.39 is 18.5 Å². The van der Waals surface area contributed by atoms with Crippen molar-refractivity contribution in [3.63, 3.8) is 0 Å². The molecule has 0 spiro atoms. The van der Waals surface area contributed by atoms with Crippen LogP contribution in [-0.4, -0.2) is 49.9 Å². The van der Waals surface area contributed by atoms with Crippen LogP contribution in [0.3, 0.4) is 0 Å². The molecule has 1 aromatic rings. The van der Waals surface area contributed by atoms with Crippen LogP contribution >= 0.6 is 34.8 Å². The number of amides is 2. The van der Waals surface area contributed by atoms with Crippen LogP contribution in [0.2, 0.25) is 15.1 Å². The van der Waals surface area contributed by atoms with Gasteiger partial charge in [0.25, 0.3) is 5.91 Å². The summed E-state index contributed by atoms with van der Waals surface area (Å²) < 4.78 is 4.85. The van der Waals surface area contributed by atoms with E-state index in [9.17, 15) is 14.4 Å². The van der Waals surface area contributed by atoms with Gasteiger partial charge in [0.15, 0.2) is 6.61 Å². The van der Waals surface area contributed by atoms with Crippen molar-refractivity contribution >= 4 is 52.6 Å². The first-order chi connectivity index (χ1) is 10.3. The summed E-state index contributed by atoms with van der Waals surface area (Å²) in [5, 5.41) is 2.52. The third-order valence-corrected chi connectivity index (χ3v) is 3.78. The molecule has 22 heavy (non-hydrogen) atoms. The van der Waals surface area contributed by atoms with Gasteiger partial charge >= 0.3 is 5.97 Å². The summed E-state index contributed by atoms with van der Waals surface area (Å²) in [5.74, 6) is -1.77. The SMILES string of the molecule is CNC(=O)CN(C)C(=O)COC(=O)c1c(Cl)ccc(Cl)c1Cl. The highest BCUT2D eigenvalue weighted by Crippen LogP contribution is 2.31. The standard InChI is InChI=1S/C13H13Cl3N2O4/c1-17-9(19)5-18(2)10(20)6-22-13(21)11-7(14)3-4-8(15)12(11)16/h3-4H,5-6H2,1-2H3,(H,17,19). The fourth-order valence-corrected chi connectivity index (χ4v) is 2.09. The first kappa shape index (κ1) is 18.5. The summed E-state index contributed by atoms with van der Waals surface area (Å²) >= 11 is 17.6. The molecule has 0 bridgehead atoms. The van der Waals surface area contributed by atoms with Gasteiger partial charge in [-0.05, 0) is 12.1 Å². The van der Waals surface area contributed by atoms with Crippen molar-refractivity contribution < 1.29 is 19.1 Å². The van der Waals surface area contributed by atoms with Crippen LogP contribution in [-0.2, 0) is 14.3 Å². The van der Waals surface area contributed by atoms with Gasteiger partial charge in [0.2, 0.25) is 5.91 Å². The number of hydrogen-bond acceptors (Lipinski definition) is 4. The molecular weight excluding hydrogens is 355 g/mol. The number of benzene rings is 1. The van der Waals surface area contributed by atoms with Gasteiger partial charge in [0.05, 0.1) is 27.2 Å². The Morgan fingerprint density at radius 1 is 1.18 bits per heavy atom. The summed E-state index contributed by atoms with van der Waals surface area (Å²) in [7, 11) is 2.86. The molecule has 9 heteroatoms. The fraction of sp³-hybridized carbons (Fsp3) is 0.308. The van der Waals surface area contributed by atoms with Crippen LogP contribution < -0.4 is 5.32 Å². The van der Waals surface area contributed by atoms with Crippen molar-refractivity contribution in [2.24, 2.45) is 0 Å². The third-order valence-electron chi connectivity index (χ3n) is 2.66. The topological polar surface area (TPSA) is 75.7 Å². The molecule has 0 aliphatic rings. The fourth-order valence-electron chi connectivity index (χ4n) is 1.41. The van der Waals surface area contributed by atoms with Crippen LogP contribution in [0, 0.1) is 0 Å². The maximum absolute atomic E-state index is 11.9. The molecule has 0 radical (unpaired) electrons. The Balaban J connectivity index is 2.69. The van der Waals surface area contributed by atoms with Crippen LogP contribution in [0.5, 0.6) is 0 Å².